The largest absolute Gasteiger partial charge is 0.314 e. The third-order valence-corrected chi connectivity index (χ3v) is 4.16. The Morgan fingerprint density at radius 1 is 1.11 bits per heavy atom. The Hall–Kier alpha value is -0.900. The van der Waals surface area contributed by atoms with Crippen LogP contribution in [0.4, 0.5) is 0 Å². The number of hydrogen-bond acceptors (Lipinski definition) is 3. The second-order valence-corrected chi connectivity index (χ2v) is 5.34. The molecule has 98 valence electrons. The first-order valence-electron chi connectivity index (χ1n) is 7.18. The summed E-state index contributed by atoms with van der Waals surface area (Å²) in [7, 11) is 0. The second-order valence-electron chi connectivity index (χ2n) is 5.34. The normalized spacial score (nSPS) is 24.8. The Labute approximate surface area is 110 Å². The van der Waals surface area contributed by atoms with Crippen LogP contribution in [0.2, 0.25) is 0 Å². The minimum Gasteiger partial charge on any atom is -0.314 e. The molecule has 1 saturated heterocycles. The lowest BCUT2D eigenvalue weighted by Crippen LogP contribution is -2.44. The summed E-state index contributed by atoms with van der Waals surface area (Å²) in [6.45, 7) is 7.04. The van der Waals surface area contributed by atoms with Gasteiger partial charge in [0.25, 0.3) is 0 Å². The van der Waals surface area contributed by atoms with Gasteiger partial charge in [-0.05, 0) is 30.5 Å². The Morgan fingerprint density at radius 2 is 1.94 bits per heavy atom. The van der Waals surface area contributed by atoms with Crippen LogP contribution in [-0.2, 0) is 6.42 Å². The molecular weight excluding hydrogens is 222 g/mol. The van der Waals surface area contributed by atoms with E-state index in [2.05, 4.69) is 39.8 Å². The molecule has 1 aromatic carbocycles. The summed E-state index contributed by atoms with van der Waals surface area (Å²) in [5.74, 6) is 0. The molecule has 0 radical (unpaired) electrons. The molecule has 3 rings (SSSR count). The first kappa shape index (κ1) is 12.2. The van der Waals surface area contributed by atoms with Crippen LogP contribution in [0.5, 0.6) is 0 Å². The van der Waals surface area contributed by atoms with Gasteiger partial charge < -0.3 is 15.5 Å². The van der Waals surface area contributed by atoms with Crippen molar-refractivity contribution in [3.63, 3.8) is 0 Å². The van der Waals surface area contributed by atoms with Crippen molar-refractivity contribution in [1.82, 2.24) is 15.5 Å². The fraction of sp³-hybridized carbons (Fsp3) is 0.600. The molecule has 0 saturated carbocycles. The predicted molar refractivity (Wildman–Crippen MR) is 74.8 cm³/mol. The van der Waals surface area contributed by atoms with Gasteiger partial charge in [0.2, 0.25) is 0 Å². The van der Waals surface area contributed by atoms with Gasteiger partial charge in [-0.15, -0.1) is 0 Å². The first-order chi connectivity index (χ1) is 8.93. The summed E-state index contributed by atoms with van der Waals surface area (Å²) in [4.78, 5) is 2.58. The van der Waals surface area contributed by atoms with E-state index in [0.29, 0.717) is 6.04 Å². The van der Waals surface area contributed by atoms with Crippen LogP contribution >= 0.6 is 0 Å². The van der Waals surface area contributed by atoms with E-state index in [1.807, 2.05) is 0 Å². The lowest BCUT2D eigenvalue weighted by atomic mass is 9.92. The molecule has 2 N–H and O–H groups in total. The van der Waals surface area contributed by atoms with E-state index in [4.69, 9.17) is 0 Å². The van der Waals surface area contributed by atoms with Crippen LogP contribution < -0.4 is 10.6 Å². The topological polar surface area (TPSA) is 27.3 Å². The van der Waals surface area contributed by atoms with E-state index in [0.717, 1.165) is 19.6 Å². The van der Waals surface area contributed by atoms with Crippen molar-refractivity contribution in [2.24, 2.45) is 0 Å². The molecule has 1 atom stereocenters. The van der Waals surface area contributed by atoms with E-state index in [-0.39, 0.29) is 0 Å². The number of nitrogens with one attached hydrogen (secondary N) is 2. The molecule has 0 spiro atoms. The van der Waals surface area contributed by atoms with Gasteiger partial charge in [0.1, 0.15) is 0 Å². The van der Waals surface area contributed by atoms with Gasteiger partial charge in [-0.1, -0.05) is 24.3 Å². The summed E-state index contributed by atoms with van der Waals surface area (Å²) >= 11 is 0. The molecule has 2 aliphatic rings. The van der Waals surface area contributed by atoms with Gasteiger partial charge in [0.15, 0.2) is 0 Å². The van der Waals surface area contributed by atoms with Crippen molar-refractivity contribution in [1.29, 1.82) is 0 Å². The number of nitrogens with zero attached hydrogens (tertiary/aromatic N) is 1. The van der Waals surface area contributed by atoms with E-state index in [1.54, 1.807) is 5.56 Å². The van der Waals surface area contributed by atoms with Gasteiger partial charge in [-0.3, -0.25) is 0 Å². The third-order valence-electron chi connectivity index (χ3n) is 4.16. The molecule has 3 heteroatoms. The minimum absolute atomic E-state index is 0.560. The standard InChI is InChI=1S/C15H23N3/c1-2-4-14-13(3-1)5-7-17-15(14)6-10-18-11-8-16-9-12-18/h1-4,15-17H,5-12H2. The van der Waals surface area contributed by atoms with Crippen molar-refractivity contribution in [2.75, 3.05) is 39.3 Å². The Balaban J connectivity index is 1.60. The monoisotopic (exact) mass is 245 g/mol. The van der Waals surface area contributed by atoms with Crippen LogP contribution in [0.1, 0.15) is 23.6 Å². The summed E-state index contributed by atoms with van der Waals surface area (Å²) in [5.41, 5.74) is 3.07. The van der Waals surface area contributed by atoms with Crippen LogP contribution in [0.25, 0.3) is 0 Å². The Bertz CT molecular complexity index is 385. The summed E-state index contributed by atoms with van der Waals surface area (Å²) in [6.07, 6.45) is 2.41. The molecule has 18 heavy (non-hydrogen) atoms. The van der Waals surface area contributed by atoms with E-state index < -0.39 is 0 Å². The zero-order valence-corrected chi connectivity index (χ0v) is 11.0. The molecule has 0 bridgehead atoms. The zero-order chi connectivity index (χ0) is 12.2. The lowest BCUT2D eigenvalue weighted by molar-refractivity contribution is 0.227. The fourth-order valence-corrected chi connectivity index (χ4v) is 3.10. The van der Waals surface area contributed by atoms with Crippen molar-refractivity contribution < 1.29 is 0 Å². The second kappa shape index (κ2) is 5.83. The lowest BCUT2D eigenvalue weighted by Gasteiger charge is -2.31. The van der Waals surface area contributed by atoms with Gasteiger partial charge in [-0.25, -0.2) is 0 Å². The first-order valence-corrected chi connectivity index (χ1v) is 7.18. The van der Waals surface area contributed by atoms with Gasteiger partial charge >= 0.3 is 0 Å². The van der Waals surface area contributed by atoms with E-state index >= 15 is 0 Å². The average molecular weight is 245 g/mol. The molecule has 1 aromatic rings. The fourth-order valence-electron chi connectivity index (χ4n) is 3.10. The number of hydrogen-bond donors (Lipinski definition) is 2. The molecule has 0 aromatic heterocycles. The summed E-state index contributed by atoms with van der Waals surface area (Å²) in [5, 5.41) is 7.08. The highest BCUT2D eigenvalue weighted by molar-refractivity contribution is 5.32. The van der Waals surface area contributed by atoms with Crippen molar-refractivity contribution >= 4 is 0 Å². The number of piperazine rings is 1. The smallest absolute Gasteiger partial charge is 0.0335 e. The van der Waals surface area contributed by atoms with Crippen molar-refractivity contribution in [2.45, 2.75) is 18.9 Å². The number of rotatable bonds is 3. The van der Waals surface area contributed by atoms with Crippen molar-refractivity contribution in [3.05, 3.63) is 35.4 Å². The molecular formula is C15H23N3. The molecule has 0 amide bonds. The Kier molecular flexibility index (Phi) is 3.93. The maximum Gasteiger partial charge on any atom is 0.0335 e. The van der Waals surface area contributed by atoms with E-state index in [1.165, 1.54) is 38.0 Å². The van der Waals surface area contributed by atoms with Crippen molar-refractivity contribution in [3.8, 4) is 0 Å². The number of fused-ring (bicyclic) bond motifs is 1. The highest BCUT2D eigenvalue weighted by atomic mass is 15.2. The van der Waals surface area contributed by atoms with Gasteiger partial charge in [0, 0.05) is 38.8 Å². The minimum atomic E-state index is 0.560. The van der Waals surface area contributed by atoms with Crippen LogP contribution in [0.15, 0.2) is 24.3 Å². The predicted octanol–water partition coefficient (Wildman–Crippen LogP) is 1.17. The maximum atomic E-state index is 3.67. The molecule has 1 fully saturated rings. The van der Waals surface area contributed by atoms with Gasteiger partial charge in [0.05, 0.1) is 0 Å². The summed E-state index contributed by atoms with van der Waals surface area (Å²) < 4.78 is 0. The van der Waals surface area contributed by atoms with Crippen LogP contribution in [0, 0.1) is 0 Å². The molecule has 2 aliphatic heterocycles. The van der Waals surface area contributed by atoms with Crippen LogP contribution in [0.3, 0.4) is 0 Å². The molecule has 0 aliphatic carbocycles. The highest BCUT2D eigenvalue weighted by Gasteiger charge is 2.20. The Morgan fingerprint density at radius 3 is 2.83 bits per heavy atom. The van der Waals surface area contributed by atoms with E-state index in [9.17, 15) is 0 Å². The third kappa shape index (κ3) is 2.74. The maximum absolute atomic E-state index is 3.67. The SMILES string of the molecule is c1ccc2c(c1)CCNC2CCN1CCNCC1. The highest BCUT2D eigenvalue weighted by Crippen LogP contribution is 2.25. The van der Waals surface area contributed by atoms with Crippen LogP contribution in [-0.4, -0.2) is 44.2 Å². The molecule has 1 unspecified atom stereocenters. The zero-order valence-electron chi connectivity index (χ0n) is 11.0. The summed E-state index contributed by atoms with van der Waals surface area (Å²) in [6, 6.07) is 9.48. The average Bonchev–Trinajstić information content (AvgIpc) is 2.46. The quantitative estimate of drug-likeness (QED) is 0.837. The molecule has 3 nitrogen and oxygen atoms in total. The molecule has 2 heterocycles. The number of benzene rings is 1. The van der Waals surface area contributed by atoms with Gasteiger partial charge in [-0.2, -0.15) is 0 Å².